The van der Waals surface area contributed by atoms with Crippen molar-refractivity contribution in [2.75, 3.05) is 0 Å². The summed E-state index contributed by atoms with van der Waals surface area (Å²) in [6, 6.07) is 14.3. The Morgan fingerprint density at radius 3 is 2.72 bits per heavy atom. The van der Waals surface area contributed by atoms with Crippen LogP contribution in [0.25, 0.3) is 22.2 Å². The van der Waals surface area contributed by atoms with Crippen LogP contribution in [0.1, 0.15) is 29.9 Å². The zero-order valence-corrected chi connectivity index (χ0v) is 14.5. The largest absolute Gasteiger partial charge is 0.256 e. The van der Waals surface area contributed by atoms with Gasteiger partial charge in [-0.1, -0.05) is 29.5 Å². The molecular weight excluding hydrogens is 310 g/mol. The molecule has 0 amide bonds. The third-order valence-electron chi connectivity index (χ3n) is 4.49. The molecule has 0 radical (unpaired) electrons. The quantitative estimate of drug-likeness (QED) is 0.567. The van der Waals surface area contributed by atoms with E-state index in [2.05, 4.69) is 52.3 Å². The average molecular weight is 329 g/mol. The highest BCUT2D eigenvalue weighted by Crippen LogP contribution is 2.28. The molecule has 0 fully saturated rings. The van der Waals surface area contributed by atoms with Crippen LogP contribution in [0.15, 0.2) is 54.9 Å². The Balaban J connectivity index is 1.76. The van der Waals surface area contributed by atoms with Crippen molar-refractivity contribution in [1.29, 1.82) is 0 Å². The van der Waals surface area contributed by atoms with Gasteiger partial charge in [-0.2, -0.15) is 0 Å². The number of pyridine rings is 2. The molecule has 0 saturated heterocycles. The Hall–Kier alpha value is -3.08. The van der Waals surface area contributed by atoms with E-state index in [1.165, 1.54) is 0 Å². The normalized spacial score (nSPS) is 12.4. The van der Waals surface area contributed by atoms with E-state index < -0.39 is 0 Å². The molecule has 4 aromatic rings. The lowest BCUT2D eigenvalue weighted by Gasteiger charge is -2.11. The van der Waals surface area contributed by atoms with Crippen LogP contribution in [0.4, 0.5) is 0 Å². The number of fused-ring (bicyclic) bond motifs is 1. The first kappa shape index (κ1) is 15.4. The van der Waals surface area contributed by atoms with Gasteiger partial charge in [0.05, 0.1) is 23.4 Å². The van der Waals surface area contributed by atoms with Crippen LogP contribution in [-0.4, -0.2) is 25.0 Å². The Bertz CT molecular complexity index is 1050. The highest BCUT2D eigenvalue weighted by Gasteiger charge is 2.14. The monoisotopic (exact) mass is 329 g/mol. The zero-order chi connectivity index (χ0) is 17.4. The van der Waals surface area contributed by atoms with Crippen molar-refractivity contribution < 1.29 is 0 Å². The van der Waals surface area contributed by atoms with Gasteiger partial charge in [0.1, 0.15) is 5.69 Å². The lowest BCUT2D eigenvalue weighted by molar-refractivity contribution is 0.531. The number of hydrogen-bond donors (Lipinski definition) is 0. The summed E-state index contributed by atoms with van der Waals surface area (Å²) >= 11 is 0. The number of aryl methyl sites for hydroxylation is 2. The summed E-state index contributed by atoms with van der Waals surface area (Å²) in [6.07, 6.45) is 3.80. The lowest BCUT2D eigenvalue weighted by atomic mass is 10.0. The number of hydrogen-bond acceptors (Lipinski definition) is 4. The van der Waals surface area contributed by atoms with Gasteiger partial charge in [-0.05, 0) is 44.5 Å². The minimum absolute atomic E-state index is 0.0241. The van der Waals surface area contributed by atoms with Crippen molar-refractivity contribution in [3.05, 3.63) is 71.8 Å². The van der Waals surface area contributed by atoms with Crippen LogP contribution in [-0.2, 0) is 0 Å². The van der Waals surface area contributed by atoms with Crippen molar-refractivity contribution in [3.8, 4) is 11.3 Å². The predicted octanol–water partition coefficient (Wildman–Crippen LogP) is 4.11. The van der Waals surface area contributed by atoms with Crippen molar-refractivity contribution in [2.24, 2.45) is 0 Å². The van der Waals surface area contributed by atoms with Crippen molar-refractivity contribution in [2.45, 2.75) is 26.8 Å². The molecule has 3 heterocycles. The number of benzene rings is 1. The molecule has 0 bridgehead atoms. The van der Waals surface area contributed by atoms with Gasteiger partial charge in [0.2, 0.25) is 0 Å². The molecule has 0 aliphatic heterocycles. The Labute approximate surface area is 146 Å². The van der Waals surface area contributed by atoms with Gasteiger partial charge < -0.3 is 0 Å². The summed E-state index contributed by atoms with van der Waals surface area (Å²) in [5.74, 6) is 0. The van der Waals surface area contributed by atoms with Gasteiger partial charge in [-0.3, -0.25) is 9.97 Å². The third-order valence-corrected chi connectivity index (χ3v) is 4.49. The van der Waals surface area contributed by atoms with Gasteiger partial charge >= 0.3 is 0 Å². The van der Waals surface area contributed by atoms with Crippen LogP contribution >= 0.6 is 0 Å². The van der Waals surface area contributed by atoms with Gasteiger partial charge in [0, 0.05) is 22.8 Å². The summed E-state index contributed by atoms with van der Waals surface area (Å²) in [5.41, 5.74) is 6.03. The number of aromatic nitrogens is 5. The van der Waals surface area contributed by atoms with E-state index in [9.17, 15) is 0 Å². The van der Waals surface area contributed by atoms with Crippen LogP contribution in [0.3, 0.4) is 0 Å². The van der Waals surface area contributed by atoms with Gasteiger partial charge in [0.25, 0.3) is 0 Å². The molecular formula is C20H19N5. The van der Waals surface area contributed by atoms with E-state index in [1.807, 2.05) is 48.3 Å². The number of rotatable bonds is 3. The molecule has 0 saturated carbocycles. The molecule has 0 aliphatic carbocycles. The highest BCUT2D eigenvalue weighted by molar-refractivity contribution is 5.95. The van der Waals surface area contributed by atoms with Crippen molar-refractivity contribution >= 4 is 10.9 Å². The SMILES string of the molecule is Cc1cccc([C@@H](C)n2cc(-c3ccc(C)c4ncccc34)nn2)n1. The second kappa shape index (κ2) is 6.09. The van der Waals surface area contributed by atoms with Gasteiger partial charge in [-0.15, -0.1) is 5.10 Å². The molecule has 25 heavy (non-hydrogen) atoms. The molecule has 0 spiro atoms. The summed E-state index contributed by atoms with van der Waals surface area (Å²) in [6.45, 7) is 6.14. The van der Waals surface area contributed by atoms with Crippen LogP contribution in [0.5, 0.6) is 0 Å². The molecule has 5 heteroatoms. The molecule has 0 unspecified atom stereocenters. The number of nitrogens with zero attached hydrogens (tertiary/aromatic N) is 5. The molecule has 0 N–H and O–H groups in total. The maximum atomic E-state index is 4.59. The van der Waals surface area contributed by atoms with Crippen LogP contribution in [0, 0.1) is 13.8 Å². The maximum Gasteiger partial charge on any atom is 0.113 e. The van der Waals surface area contributed by atoms with Gasteiger partial charge in [-0.25, -0.2) is 4.68 Å². The topological polar surface area (TPSA) is 56.5 Å². The minimum atomic E-state index is 0.0241. The van der Waals surface area contributed by atoms with E-state index >= 15 is 0 Å². The van der Waals surface area contributed by atoms with Crippen LogP contribution in [0.2, 0.25) is 0 Å². The average Bonchev–Trinajstić information content (AvgIpc) is 3.11. The highest BCUT2D eigenvalue weighted by atomic mass is 15.4. The maximum absolute atomic E-state index is 4.59. The lowest BCUT2D eigenvalue weighted by Crippen LogP contribution is -2.09. The third kappa shape index (κ3) is 2.78. The summed E-state index contributed by atoms with van der Waals surface area (Å²) in [4.78, 5) is 9.10. The fourth-order valence-corrected chi connectivity index (χ4v) is 3.06. The summed E-state index contributed by atoms with van der Waals surface area (Å²) < 4.78 is 1.86. The fraction of sp³-hybridized carbons (Fsp3) is 0.200. The molecule has 4 rings (SSSR count). The summed E-state index contributed by atoms with van der Waals surface area (Å²) in [5, 5.41) is 9.82. The predicted molar refractivity (Wildman–Crippen MR) is 98.3 cm³/mol. The minimum Gasteiger partial charge on any atom is -0.256 e. The molecule has 1 aromatic carbocycles. The van der Waals surface area contributed by atoms with E-state index in [1.54, 1.807) is 0 Å². The van der Waals surface area contributed by atoms with Crippen molar-refractivity contribution in [1.82, 2.24) is 25.0 Å². The first-order chi connectivity index (χ1) is 12.1. The fourth-order valence-electron chi connectivity index (χ4n) is 3.06. The zero-order valence-electron chi connectivity index (χ0n) is 14.5. The Morgan fingerprint density at radius 2 is 1.88 bits per heavy atom. The van der Waals surface area contributed by atoms with Crippen LogP contribution < -0.4 is 0 Å². The first-order valence-corrected chi connectivity index (χ1v) is 8.33. The molecule has 124 valence electrons. The second-order valence-corrected chi connectivity index (χ2v) is 6.29. The summed E-state index contributed by atoms with van der Waals surface area (Å²) in [7, 11) is 0. The molecule has 1 atom stereocenters. The Morgan fingerprint density at radius 1 is 1.00 bits per heavy atom. The second-order valence-electron chi connectivity index (χ2n) is 6.29. The van der Waals surface area contributed by atoms with Crippen molar-refractivity contribution in [3.63, 3.8) is 0 Å². The van der Waals surface area contributed by atoms with E-state index in [4.69, 9.17) is 0 Å². The Kier molecular flexibility index (Phi) is 3.76. The van der Waals surface area contributed by atoms with E-state index in [0.717, 1.165) is 39.1 Å². The first-order valence-electron chi connectivity index (χ1n) is 8.33. The van der Waals surface area contributed by atoms with E-state index in [-0.39, 0.29) is 6.04 Å². The smallest absolute Gasteiger partial charge is 0.113 e. The van der Waals surface area contributed by atoms with Gasteiger partial charge in [0.15, 0.2) is 0 Å². The molecule has 0 aliphatic rings. The standard InChI is InChI=1S/C20H19N5/c1-13-9-10-16(17-7-5-11-21-20(13)17)19-12-25(24-23-19)15(3)18-8-4-6-14(2)22-18/h4-12,15H,1-3H3/t15-/m1/s1. The molecule has 3 aromatic heterocycles. The molecule has 5 nitrogen and oxygen atoms in total. The van der Waals surface area contributed by atoms with E-state index in [0.29, 0.717) is 0 Å².